The quantitative estimate of drug-likeness (QED) is 0.533. The van der Waals surface area contributed by atoms with Crippen LogP contribution in [0.15, 0.2) is 30.6 Å². The first-order valence-electron chi connectivity index (χ1n) is 10.7. The number of carbonyl (C=O) groups is 2. The second kappa shape index (κ2) is 9.52. The van der Waals surface area contributed by atoms with Crippen LogP contribution in [0.1, 0.15) is 40.0 Å². The molecule has 9 heteroatoms. The predicted molar refractivity (Wildman–Crippen MR) is 124 cm³/mol. The van der Waals surface area contributed by atoms with Crippen LogP contribution in [0, 0.1) is 13.8 Å². The summed E-state index contributed by atoms with van der Waals surface area (Å²) in [6.07, 6.45) is 4.60. The summed E-state index contributed by atoms with van der Waals surface area (Å²) in [6.45, 7) is 8.32. The second-order valence-electron chi connectivity index (χ2n) is 8.00. The van der Waals surface area contributed by atoms with Gasteiger partial charge in [-0.15, -0.1) is 10.2 Å². The van der Waals surface area contributed by atoms with E-state index in [1.54, 1.807) is 13.1 Å². The van der Waals surface area contributed by atoms with E-state index in [1.165, 1.54) is 11.3 Å². The van der Waals surface area contributed by atoms with Gasteiger partial charge < -0.3 is 9.80 Å². The highest BCUT2D eigenvalue weighted by Crippen LogP contribution is 2.24. The first kappa shape index (κ1) is 22.0. The first-order valence-corrected chi connectivity index (χ1v) is 11.5. The summed E-state index contributed by atoms with van der Waals surface area (Å²) in [5, 5.41) is 9.49. The van der Waals surface area contributed by atoms with E-state index in [-0.39, 0.29) is 11.7 Å². The summed E-state index contributed by atoms with van der Waals surface area (Å²) in [5.74, 6) is 0.0778. The molecule has 0 aromatic carbocycles. The van der Waals surface area contributed by atoms with Gasteiger partial charge in [0.2, 0.25) is 11.0 Å². The fourth-order valence-corrected chi connectivity index (χ4v) is 4.66. The SMILES string of the molecule is CC(=O)N1CCN(c2nnc(C(=O)CCc3cnc(-c4ccnc(C)c4)c(C)c3)s2)CC1. The Hall–Kier alpha value is -3.20. The van der Waals surface area contributed by atoms with Crippen LogP contribution < -0.4 is 4.90 Å². The van der Waals surface area contributed by atoms with E-state index < -0.39 is 0 Å². The highest BCUT2D eigenvalue weighted by atomic mass is 32.1. The van der Waals surface area contributed by atoms with Crippen LogP contribution in [0.4, 0.5) is 5.13 Å². The van der Waals surface area contributed by atoms with Gasteiger partial charge in [0.1, 0.15) is 0 Å². The minimum atomic E-state index is -0.0115. The zero-order valence-electron chi connectivity index (χ0n) is 18.5. The van der Waals surface area contributed by atoms with Crippen molar-refractivity contribution >= 4 is 28.2 Å². The molecule has 1 aliphatic rings. The van der Waals surface area contributed by atoms with Crippen molar-refractivity contribution < 1.29 is 9.59 Å². The van der Waals surface area contributed by atoms with Crippen LogP contribution in [-0.4, -0.2) is 62.9 Å². The third-order valence-electron chi connectivity index (χ3n) is 5.59. The van der Waals surface area contributed by atoms with Gasteiger partial charge >= 0.3 is 0 Å². The Labute approximate surface area is 191 Å². The maximum Gasteiger partial charge on any atom is 0.219 e. The molecule has 4 rings (SSSR count). The summed E-state index contributed by atoms with van der Waals surface area (Å²) in [6, 6.07) is 6.07. The minimum Gasteiger partial charge on any atom is -0.343 e. The molecule has 0 unspecified atom stereocenters. The molecule has 3 aromatic rings. The first-order chi connectivity index (χ1) is 15.4. The summed E-state index contributed by atoms with van der Waals surface area (Å²) in [7, 11) is 0. The number of anilines is 1. The van der Waals surface area contributed by atoms with Crippen molar-refractivity contribution in [1.82, 2.24) is 25.1 Å². The minimum absolute atomic E-state index is 0.0115. The normalized spacial score (nSPS) is 14.0. The van der Waals surface area contributed by atoms with Gasteiger partial charge in [0.25, 0.3) is 0 Å². The molecule has 0 atom stereocenters. The molecule has 1 amide bonds. The van der Waals surface area contributed by atoms with Crippen molar-refractivity contribution in [3.05, 3.63) is 52.4 Å². The van der Waals surface area contributed by atoms with E-state index >= 15 is 0 Å². The molecule has 0 N–H and O–H groups in total. The molecule has 166 valence electrons. The number of hydrogen-bond donors (Lipinski definition) is 0. The van der Waals surface area contributed by atoms with Gasteiger partial charge in [-0.1, -0.05) is 17.4 Å². The summed E-state index contributed by atoms with van der Waals surface area (Å²) in [4.78, 5) is 36.9. The van der Waals surface area contributed by atoms with Crippen molar-refractivity contribution in [3.8, 4) is 11.3 Å². The number of nitrogens with zero attached hydrogens (tertiary/aromatic N) is 6. The van der Waals surface area contributed by atoms with Crippen LogP contribution in [0.3, 0.4) is 0 Å². The smallest absolute Gasteiger partial charge is 0.219 e. The molecule has 0 saturated carbocycles. The molecule has 8 nitrogen and oxygen atoms in total. The van der Waals surface area contributed by atoms with Crippen LogP contribution in [-0.2, 0) is 11.2 Å². The summed E-state index contributed by atoms with van der Waals surface area (Å²) >= 11 is 1.33. The molecular weight excluding hydrogens is 424 g/mol. The standard InChI is InChI=1S/C23H26N6O2S/c1-15-12-18(14-25-21(15)19-6-7-24-16(2)13-19)4-5-20(31)22-26-27-23(32-22)29-10-8-28(9-11-29)17(3)30/h6-7,12-14H,4-5,8-11H2,1-3H3. The van der Waals surface area contributed by atoms with Crippen molar-refractivity contribution in [2.45, 2.75) is 33.6 Å². The lowest BCUT2D eigenvalue weighted by Gasteiger charge is -2.33. The number of Topliss-reactive ketones (excluding diaryl/α,β-unsaturated/α-hetero) is 1. The van der Waals surface area contributed by atoms with Crippen molar-refractivity contribution in [3.63, 3.8) is 0 Å². The lowest BCUT2D eigenvalue weighted by atomic mass is 10.0. The average Bonchev–Trinajstić information content (AvgIpc) is 3.28. The Morgan fingerprint density at radius 1 is 1.06 bits per heavy atom. The molecule has 0 aliphatic carbocycles. The molecule has 4 heterocycles. The number of aromatic nitrogens is 4. The Balaban J connectivity index is 1.35. The maximum absolute atomic E-state index is 12.7. The van der Waals surface area contributed by atoms with Crippen LogP contribution >= 0.6 is 11.3 Å². The number of carbonyl (C=O) groups excluding carboxylic acids is 2. The van der Waals surface area contributed by atoms with Crippen molar-refractivity contribution in [1.29, 1.82) is 0 Å². The lowest BCUT2D eigenvalue weighted by Crippen LogP contribution is -2.48. The Morgan fingerprint density at radius 2 is 1.84 bits per heavy atom. The number of hydrogen-bond acceptors (Lipinski definition) is 8. The fourth-order valence-electron chi connectivity index (χ4n) is 3.80. The Bertz CT molecular complexity index is 1140. The molecule has 1 fully saturated rings. The predicted octanol–water partition coefficient (Wildman–Crippen LogP) is 3.10. The molecule has 0 bridgehead atoms. The summed E-state index contributed by atoms with van der Waals surface area (Å²) in [5.41, 5.74) is 5.03. The van der Waals surface area contributed by atoms with E-state index in [1.807, 2.05) is 37.1 Å². The molecule has 3 aromatic heterocycles. The highest BCUT2D eigenvalue weighted by molar-refractivity contribution is 7.17. The number of pyridine rings is 2. The maximum atomic E-state index is 12.7. The molecule has 1 aliphatic heterocycles. The van der Waals surface area contributed by atoms with Gasteiger partial charge in [-0.3, -0.25) is 19.6 Å². The van der Waals surface area contributed by atoms with Crippen molar-refractivity contribution in [2.75, 3.05) is 31.1 Å². The van der Waals surface area contributed by atoms with E-state index in [0.717, 1.165) is 33.2 Å². The van der Waals surface area contributed by atoms with Gasteiger partial charge in [0, 0.05) is 63.2 Å². The van der Waals surface area contributed by atoms with E-state index in [2.05, 4.69) is 31.1 Å². The fraction of sp³-hybridized carbons (Fsp3) is 0.391. The molecular formula is C23H26N6O2S. The van der Waals surface area contributed by atoms with Gasteiger partial charge in [-0.2, -0.15) is 0 Å². The third-order valence-corrected chi connectivity index (χ3v) is 6.62. The van der Waals surface area contributed by atoms with Gasteiger partial charge in [0.15, 0.2) is 10.8 Å². The van der Waals surface area contributed by atoms with Crippen LogP contribution in [0.25, 0.3) is 11.3 Å². The third kappa shape index (κ3) is 4.99. The molecule has 0 radical (unpaired) electrons. The van der Waals surface area contributed by atoms with E-state index in [0.29, 0.717) is 44.0 Å². The van der Waals surface area contributed by atoms with Gasteiger partial charge in [0.05, 0.1) is 5.69 Å². The number of aryl methyl sites for hydroxylation is 3. The van der Waals surface area contributed by atoms with Gasteiger partial charge in [-0.05, 0) is 43.5 Å². The largest absolute Gasteiger partial charge is 0.343 e. The Kier molecular flexibility index (Phi) is 6.55. The topological polar surface area (TPSA) is 92.2 Å². The Morgan fingerprint density at radius 3 is 2.53 bits per heavy atom. The van der Waals surface area contributed by atoms with Gasteiger partial charge in [-0.25, -0.2) is 0 Å². The van der Waals surface area contributed by atoms with Crippen LogP contribution in [0.5, 0.6) is 0 Å². The zero-order valence-corrected chi connectivity index (χ0v) is 19.4. The molecule has 0 spiro atoms. The number of rotatable bonds is 6. The highest BCUT2D eigenvalue weighted by Gasteiger charge is 2.22. The molecule has 32 heavy (non-hydrogen) atoms. The summed E-state index contributed by atoms with van der Waals surface area (Å²) < 4.78 is 0. The van der Waals surface area contributed by atoms with Crippen LogP contribution in [0.2, 0.25) is 0 Å². The molecule has 1 saturated heterocycles. The average molecular weight is 451 g/mol. The zero-order chi connectivity index (χ0) is 22.7. The van der Waals surface area contributed by atoms with E-state index in [4.69, 9.17) is 0 Å². The van der Waals surface area contributed by atoms with E-state index in [9.17, 15) is 9.59 Å². The van der Waals surface area contributed by atoms with Crippen molar-refractivity contribution in [2.24, 2.45) is 0 Å². The lowest BCUT2D eigenvalue weighted by molar-refractivity contribution is -0.129. The second-order valence-corrected chi connectivity index (χ2v) is 8.96. The number of amides is 1. The monoisotopic (exact) mass is 450 g/mol. The number of piperazine rings is 1. The number of ketones is 1.